The minimum atomic E-state index is -0.612. The van der Waals surface area contributed by atoms with E-state index in [0.29, 0.717) is 28.6 Å². The third-order valence-corrected chi connectivity index (χ3v) is 5.53. The lowest BCUT2D eigenvalue weighted by Gasteiger charge is -2.06. The minimum Gasteiger partial charge on any atom is -0.455 e. The average Bonchev–Trinajstić information content (AvgIpc) is 3.14. The number of nitrogens with one attached hydrogen (secondary N) is 1. The predicted octanol–water partition coefficient (Wildman–Crippen LogP) is 3.18. The molecule has 2 heterocycles. The number of nitro benzene ring substituents is 1. The van der Waals surface area contributed by atoms with Gasteiger partial charge in [0, 0.05) is 29.8 Å². The van der Waals surface area contributed by atoms with Gasteiger partial charge in [-0.05, 0) is 25.1 Å². The van der Waals surface area contributed by atoms with Gasteiger partial charge in [0.1, 0.15) is 5.52 Å². The van der Waals surface area contributed by atoms with Gasteiger partial charge in [-0.25, -0.2) is 4.98 Å². The Bertz CT molecular complexity index is 1350. The Morgan fingerprint density at radius 2 is 1.91 bits per heavy atom. The summed E-state index contributed by atoms with van der Waals surface area (Å²) >= 11 is 1.06. The maximum atomic E-state index is 12.0. The van der Waals surface area contributed by atoms with E-state index in [0.717, 1.165) is 22.7 Å². The molecule has 4 aromatic rings. The first-order valence-corrected chi connectivity index (χ1v) is 10.9. The van der Waals surface area contributed by atoms with Crippen LogP contribution in [-0.4, -0.2) is 48.9 Å². The molecule has 0 saturated heterocycles. The van der Waals surface area contributed by atoms with E-state index < -0.39 is 23.4 Å². The Kier molecular flexibility index (Phi) is 6.45. The molecule has 0 spiro atoms. The van der Waals surface area contributed by atoms with Crippen molar-refractivity contribution in [3.8, 4) is 0 Å². The summed E-state index contributed by atoms with van der Waals surface area (Å²) in [6.45, 7) is 2.23. The van der Waals surface area contributed by atoms with Crippen LogP contribution in [0.1, 0.15) is 6.92 Å². The normalized spacial score (nSPS) is 10.9. The van der Waals surface area contributed by atoms with E-state index in [-0.39, 0.29) is 11.4 Å². The van der Waals surface area contributed by atoms with E-state index in [2.05, 4.69) is 20.5 Å². The maximum absolute atomic E-state index is 12.0. The number of non-ortho nitro benzene ring substituents is 1. The molecule has 11 nitrogen and oxygen atoms in total. The Morgan fingerprint density at radius 1 is 1.15 bits per heavy atom. The third kappa shape index (κ3) is 4.90. The zero-order valence-corrected chi connectivity index (χ0v) is 18.2. The minimum absolute atomic E-state index is 0.0920. The number of hydrogen-bond donors (Lipinski definition) is 1. The summed E-state index contributed by atoms with van der Waals surface area (Å²) in [5.41, 5.74) is 2.66. The number of carbonyl (C=O) groups excluding carboxylic acids is 2. The number of carbonyl (C=O) groups is 2. The van der Waals surface area contributed by atoms with Crippen LogP contribution in [0.4, 0.5) is 11.4 Å². The molecule has 0 aliphatic carbocycles. The van der Waals surface area contributed by atoms with Crippen LogP contribution >= 0.6 is 11.8 Å². The van der Waals surface area contributed by atoms with E-state index in [4.69, 9.17) is 4.74 Å². The van der Waals surface area contributed by atoms with E-state index in [9.17, 15) is 19.7 Å². The number of amides is 1. The summed E-state index contributed by atoms with van der Waals surface area (Å²) < 4.78 is 7.01. The molecule has 0 unspecified atom stereocenters. The Hall–Kier alpha value is -4.06. The number of nitro groups is 1. The van der Waals surface area contributed by atoms with Gasteiger partial charge in [-0.1, -0.05) is 30.0 Å². The van der Waals surface area contributed by atoms with Crippen LogP contribution in [0.25, 0.3) is 22.1 Å². The van der Waals surface area contributed by atoms with Crippen molar-refractivity contribution < 1.29 is 19.2 Å². The molecule has 0 bridgehead atoms. The molecular formula is C21H18N6O5S. The smallest absolute Gasteiger partial charge is 0.316 e. The quantitative estimate of drug-likeness (QED) is 0.179. The average molecular weight is 466 g/mol. The fraction of sp³-hybridized carbons (Fsp3) is 0.190. The number of anilines is 1. The number of ether oxygens (including phenoxy) is 1. The molecule has 2 aromatic carbocycles. The standard InChI is InChI=1S/C21H18N6O5S/c1-2-26-16-6-4-3-5-15(16)19-20(26)23-21(25-24-19)33-12-18(29)32-11-17(28)22-13-7-9-14(10-8-13)27(30)31/h3-10H,2,11-12H2,1H3,(H,22,28). The zero-order valence-electron chi connectivity index (χ0n) is 17.4. The van der Waals surface area contributed by atoms with Gasteiger partial charge in [0.2, 0.25) is 5.16 Å². The lowest BCUT2D eigenvalue weighted by atomic mass is 10.2. The number of aromatic nitrogens is 4. The van der Waals surface area contributed by atoms with Crippen LogP contribution in [0.5, 0.6) is 0 Å². The largest absolute Gasteiger partial charge is 0.455 e. The van der Waals surface area contributed by atoms with E-state index in [1.165, 1.54) is 24.3 Å². The Balaban J connectivity index is 1.32. The molecule has 168 valence electrons. The summed E-state index contributed by atoms with van der Waals surface area (Å²) in [4.78, 5) is 38.7. The molecule has 12 heteroatoms. The van der Waals surface area contributed by atoms with Gasteiger partial charge in [-0.2, -0.15) is 0 Å². The van der Waals surface area contributed by atoms with Crippen molar-refractivity contribution in [3.63, 3.8) is 0 Å². The van der Waals surface area contributed by atoms with E-state index in [1.807, 2.05) is 35.8 Å². The summed E-state index contributed by atoms with van der Waals surface area (Å²) in [6.07, 6.45) is 0. The molecule has 1 N–H and O–H groups in total. The van der Waals surface area contributed by atoms with Crippen LogP contribution in [0.3, 0.4) is 0 Å². The number of para-hydroxylation sites is 1. The molecule has 4 rings (SSSR count). The summed E-state index contributed by atoms with van der Waals surface area (Å²) in [7, 11) is 0. The highest BCUT2D eigenvalue weighted by atomic mass is 32.2. The molecule has 2 aromatic heterocycles. The second kappa shape index (κ2) is 9.61. The first-order chi connectivity index (χ1) is 16.0. The SMILES string of the molecule is CCn1c2ccccc2c2nnc(SCC(=O)OCC(=O)Nc3ccc([N+](=O)[O-])cc3)nc21. The van der Waals surface area contributed by atoms with Gasteiger partial charge >= 0.3 is 5.97 Å². The first kappa shape index (κ1) is 22.1. The second-order valence-corrected chi connectivity index (χ2v) is 7.77. The van der Waals surface area contributed by atoms with Gasteiger partial charge in [0.05, 0.1) is 16.2 Å². The van der Waals surface area contributed by atoms with Crippen molar-refractivity contribution in [2.24, 2.45) is 0 Å². The zero-order chi connectivity index (χ0) is 23.4. The summed E-state index contributed by atoms with van der Waals surface area (Å²) in [5, 5.41) is 22.8. The van der Waals surface area contributed by atoms with Crippen LogP contribution in [0.2, 0.25) is 0 Å². The Labute approximate surface area is 191 Å². The van der Waals surface area contributed by atoms with Crippen molar-refractivity contribution in [1.82, 2.24) is 19.7 Å². The Morgan fingerprint density at radius 3 is 2.64 bits per heavy atom. The van der Waals surface area contributed by atoms with Crippen molar-refractivity contribution in [3.05, 3.63) is 58.6 Å². The van der Waals surface area contributed by atoms with Crippen LogP contribution in [0, 0.1) is 10.1 Å². The van der Waals surface area contributed by atoms with Crippen molar-refractivity contribution in [2.45, 2.75) is 18.6 Å². The highest BCUT2D eigenvalue weighted by molar-refractivity contribution is 7.99. The summed E-state index contributed by atoms with van der Waals surface area (Å²) in [6, 6.07) is 13.2. The lowest BCUT2D eigenvalue weighted by Crippen LogP contribution is -2.21. The van der Waals surface area contributed by atoms with Crippen molar-refractivity contribution in [2.75, 3.05) is 17.7 Å². The molecular weight excluding hydrogens is 448 g/mol. The number of hydrogen-bond acceptors (Lipinski definition) is 9. The number of esters is 1. The fourth-order valence-electron chi connectivity index (χ4n) is 3.25. The number of nitrogens with zero attached hydrogens (tertiary/aromatic N) is 5. The van der Waals surface area contributed by atoms with Crippen molar-refractivity contribution in [1.29, 1.82) is 0 Å². The topological polar surface area (TPSA) is 142 Å². The van der Waals surface area contributed by atoms with Gasteiger partial charge in [-0.3, -0.25) is 19.7 Å². The lowest BCUT2D eigenvalue weighted by molar-refractivity contribution is -0.384. The van der Waals surface area contributed by atoms with Gasteiger partial charge < -0.3 is 14.6 Å². The number of thioether (sulfide) groups is 1. The molecule has 0 atom stereocenters. The van der Waals surface area contributed by atoms with Crippen LogP contribution in [-0.2, 0) is 20.9 Å². The maximum Gasteiger partial charge on any atom is 0.316 e. The molecule has 0 saturated carbocycles. The molecule has 33 heavy (non-hydrogen) atoms. The molecule has 0 aliphatic heterocycles. The molecule has 0 fully saturated rings. The molecule has 1 amide bonds. The van der Waals surface area contributed by atoms with Crippen LogP contribution < -0.4 is 5.32 Å². The highest BCUT2D eigenvalue weighted by Crippen LogP contribution is 2.27. The predicted molar refractivity (Wildman–Crippen MR) is 122 cm³/mol. The monoisotopic (exact) mass is 466 g/mol. The van der Waals surface area contributed by atoms with Gasteiger partial charge in [-0.15, -0.1) is 10.2 Å². The molecule has 0 radical (unpaired) electrons. The number of rotatable bonds is 8. The highest BCUT2D eigenvalue weighted by Gasteiger charge is 2.15. The van der Waals surface area contributed by atoms with E-state index in [1.54, 1.807) is 0 Å². The van der Waals surface area contributed by atoms with Gasteiger partial charge in [0.25, 0.3) is 11.6 Å². The van der Waals surface area contributed by atoms with Gasteiger partial charge in [0.15, 0.2) is 12.3 Å². The summed E-state index contributed by atoms with van der Waals surface area (Å²) in [5.74, 6) is -1.27. The fourth-order valence-corrected chi connectivity index (χ4v) is 3.83. The first-order valence-electron chi connectivity index (χ1n) is 9.90. The number of aryl methyl sites for hydroxylation is 1. The molecule has 0 aliphatic rings. The van der Waals surface area contributed by atoms with E-state index >= 15 is 0 Å². The second-order valence-electron chi connectivity index (χ2n) is 6.83. The third-order valence-electron chi connectivity index (χ3n) is 4.72. The van der Waals surface area contributed by atoms with Crippen molar-refractivity contribution >= 4 is 57.1 Å². The van der Waals surface area contributed by atoms with Crippen LogP contribution in [0.15, 0.2) is 53.7 Å². The number of benzene rings is 2. The number of fused-ring (bicyclic) bond motifs is 3.